The number of nitrogens with one attached hydrogen (secondary N) is 1. The number of nitro groups is 1. The standard InChI is InChI=1S/C32H40N2O8/c1-4-10-27-30(32(37)42-20-9-19-41-25-16-14-22(15-17-25)11-6-7-18-35)28(23-12-8-13-24(21-23)34(38)39)29(31(36)40-3)26(5-2)33-27/h8,12-17,21,28,33,35H,4-7,9-11,18-20H2,1-3H3. The van der Waals surface area contributed by atoms with Crippen molar-refractivity contribution in [2.75, 3.05) is 26.9 Å². The Morgan fingerprint density at radius 3 is 2.33 bits per heavy atom. The van der Waals surface area contributed by atoms with Crippen molar-refractivity contribution >= 4 is 17.6 Å². The smallest absolute Gasteiger partial charge is 0.336 e. The number of allylic oxidation sites excluding steroid dienone is 2. The van der Waals surface area contributed by atoms with Crippen LogP contribution in [0.25, 0.3) is 0 Å². The highest BCUT2D eigenvalue weighted by Gasteiger charge is 2.39. The lowest BCUT2D eigenvalue weighted by Crippen LogP contribution is -2.34. The average Bonchev–Trinajstić information content (AvgIpc) is 3.00. The summed E-state index contributed by atoms with van der Waals surface area (Å²) in [6.45, 7) is 4.47. The van der Waals surface area contributed by atoms with E-state index in [1.807, 2.05) is 38.1 Å². The molecule has 226 valence electrons. The Bertz CT molecular complexity index is 1300. The zero-order chi connectivity index (χ0) is 30.5. The predicted molar refractivity (Wildman–Crippen MR) is 158 cm³/mol. The first-order valence-corrected chi connectivity index (χ1v) is 14.4. The minimum atomic E-state index is -0.894. The molecule has 0 saturated heterocycles. The van der Waals surface area contributed by atoms with Gasteiger partial charge in [0.15, 0.2) is 0 Å². The van der Waals surface area contributed by atoms with Gasteiger partial charge in [-0.15, -0.1) is 0 Å². The number of methoxy groups -OCH3 is 1. The number of dihydropyridines is 1. The fraction of sp³-hybridized carbons (Fsp3) is 0.438. The van der Waals surface area contributed by atoms with Crippen molar-refractivity contribution in [1.82, 2.24) is 5.32 Å². The van der Waals surface area contributed by atoms with Gasteiger partial charge in [0, 0.05) is 36.6 Å². The van der Waals surface area contributed by atoms with Crippen LogP contribution in [0, 0.1) is 10.1 Å². The Morgan fingerprint density at radius 2 is 1.69 bits per heavy atom. The van der Waals surface area contributed by atoms with Crippen molar-refractivity contribution in [3.63, 3.8) is 0 Å². The largest absolute Gasteiger partial charge is 0.493 e. The maximum Gasteiger partial charge on any atom is 0.336 e. The number of benzene rings is 2. The molecule has 2 aromatic rings. The second-order valence-electron chi connectivity index (χ2n) is 9.95. The number of rotatable bonds is 16. The highest BCUT2D eigenvalue weighted by atomic mass is 16.6. The van der Waals surface area contributed by atoms with Crippen LogP contribution in [-0.4, -0.2) is 48.9 Å². The summed E-state index contributed by atoms with van der Waals surface area (Å²) in [7, 11) is 1.27. The topological polar surface area (TPSA) is 137 Å². The summed E-state index contributed by atoms with van der Waals surface area (Å²) in [6.07, 6.45) is 4.74. The van der Waals surface area contributed by atoms with E-state index in [0.717, 1.165) is 25.7 Å². The van der Waals surface area contributed by atoms with Gasteiger partial charge in [-0.25, -0.2) is 9.59 Å². The quantitative estimate of drug-likeness (QED) is 0.114. The molecule has 0 radical (unpaired) electrons. The first kappa shape index (κ1) is 32.3. The van der Waals surface area contributed by atoms with Crippen LogP contribution >= 0.6 is 0 Å². The van der Waals surface area contributed by atoms with E-state index in [1.54, 1.807) is 6.07 Å². The van der Waals surface area contributed by atoms with Crippen molar-refractivity contribution in [3.05, 3.63) is 92.3 Å². The number of ether oxygens (including phenoxy) is 3. The van der Waals surface area contributed by atoms with E-state index in [-0.39, 0.29) is 30.0 Å². The third-order valence-corrected chi connectivity index (χ3v) is 7.01. The molecule has 0 aromatic heterocycles. The maximum absolute atomic E-state index is 13.6. The van der Waals surface area contributed by atoms with Gasteiger partial charge in [0.1, 0.15) is 5.75 Å². The molecule has 2 N–H and O–H groups in total. The van der Waals surface area contributed by atoms with Crippen LogP contribution in [0.1, 0.15) is 69.4 Å². The number of carbonyl (C=O) groups excluding carboxylic acids is 2. The number of esters is 2. The van der Waals surface area contributed by atoms with Gasteiger partial charge in [-0.05, 0) is 55.4 Å². The molecule has 0 spiro atoms. The summed E-state index contributed by atoms with van der Waals surface area (Å²) in [5, 5.41) is 23.8. The number of hydrogen-bond acceptors (Lipinski definition) is 9. The maximum atomic E-state index is 13.6. The van der Waals surface area contributed by atoms with Crippen molar-refractivity contribution in [2.45, 2.75) is 64.7 Å². The van der Waals surface area contributed by atoms with Crippen LogP contribution < -0.4 is 10.1 Å². The third-order valence-electron chi connectivity index (χ3n) is 7.01. The monoisotopic (exact) mass is 580 g/mol. The first-order valence-electron chi connectivity index (χ1n) is 14.4. The number of carbonyl (C=O) groups is 2. The molecule has 10 nitrogen and oxygen atoms in total. The Kier molecular flexibility index (Phi) is 12.6. The molecule has 1 aliphatic heterocycles. The van der Waals surface area contributed by atoms with Gasteiger partial charge in [-0.3, -0.25) is 10.1 Å². The summed E-state index contributed by atoms with van der Waals surface area (Å²) in [6, 6.07) is 13.7. The summed E-state index contributed by atoms with van der Waals surface area (Å²) < 4.78 is 16.6. The van der Waals surface area contributed by atoms with E-state index in [4.69, 9.17) is 19.3 Å². The zero-order valence-electron chi connectivity index (χ0n) is 24.5. The molecule has 3 rings (SSSR count). The van der Waals surface area contributed by atoms with Gasteiger partial charge in [0.05, 0.1) is 42.3 Å². The minimum Gasteiger partial charge on any atom is -0.493 e. The molecule has 10 heteroatoms. The van der Waals surface area contributed by atoms with Gasteiger partial charge in [0.2, 0.25) is 0 Å². The second-order valence-corrected chi connectivity index (χ2v) is 9.95. The number of nitro benzene ring substituents is 1. The molecule has 0 aliphatic carbocycles. The number of aliphatic hydroxyl groups is 1. The molecule has 1 heterocycles. The molecule has 1 atom stereocenters. The highest BCUT2D eigenvalue weighted by molar-refractivity contribution is 6.00. The minimum absolute atomic E-state index is 0.0839. The van der Waals surface area contributed by atoms with Crippen molar-refractivity contribution in [3.8, 4) is 5.75 Å². The number of hydrogen-bond donors (Lipinski definition) is 2. The lowest BCUT2D eigenvalue weighted by atomic mass is 9.79. The number of nitrogens with zero attached hydrogens (tertiary/aromatic N) is 1. The summed E-state index contributed by atoms with van der Waals surface area (Å²) >= 11 is 0. The Labute approximate surface area is 246 Å². The van der Waals surface area contributed by atoms with Gasteiger partial charge in [-0.2, -0.15) is 0 Å². The summed E-state index contributed by atoms with van der Waals surface area (Å²) in [5.41, 5.74) is 3.16. The number of non-ortho nitro benzene ring substituents is 1. The summed E-state index contributed by atoms with van der Waals surface area (Å²) in [5.74, 6) is -1.41. The lowest BCUT2D eigenvalue weighted by Gasteiger charge is -2.32. The molecule has 0 fully saturated rings. The fourth-order valence-corrected chi connectivity index (χ4v) is 4.96. The van der Waals surface area contributed by atoms with Crippen LogP contribution in [0.3, 0.4) is 0 Å². The second kappa shape index (κ2) is 16.3. The highest BCUT2D eigenvalue weighted by Crippen LogP contribution is 2.41. The Balaban J connectivity index is 1.77. The van der Waals surface area contributed by atoms with E-state index < -0.39 is 22.8 Å². The summed E-state index contributed by atoms with van der Waals surface area (Å²) in [4.78, 5) is 37.7. The van der Waals surface area contributed by atoms with Crippen LogP contribution in [0.2, 0.25) is 0 Å². The van der Waals surface area contributed by atoms with Gasteiger partial charge in [0.25, 0.3) is 5.69 Å². The van der Waals surface area contributed by atoms with E-state index in [9.17, 15) is 19.7 Å². The number of unbranched alkanes of at least 4 members (excludes halogenated alkanes) is 1. The van der Waals surface area contributed by atoms with Crippen LogP contribution in [-0.2, 0) is 25.5 Å². The molecular formula is C32H40N2O8. The molecule has 42 heavy (non-hydrogen) atoms. The SMILES string of the molecule is CCCC1=C(C(=O)OCCCOc2ccc(CCCCO)cc2)C(c2cccc([N+](=O)[O-])c2)C(C(=O)OC)=C(CC)N1. The van der Waals surface area contributed by atoms with Crippen LogP contribution in [0.5, 0.6) is 5.75 Å². The van der Waals surface area contributed by atoms with Gasteiger partial charge in [-0.1, -0.05) is 44.5 Å². The molecule has 1 aliphatic rings. The van der Waals surface area contributed by atoms with Crippen molar-refractivity contribution in [2.24, 2.45) is 0 Å². The average molecular weight is 581 g/mol. The van der Waals surface area contributed by atoms with Crippen molar-refractivity contribution in [1.29, 1.82) is 0 Å². The predicted octanol–water partition coefficient (Wildman–Crippen LogP) is 5.50. The number of aryl methyl sites for hydroxylation is 1. The van der Waals surface area contributed by atoms with E-state index in [1.165, 1.54) is 30.9 Å². The van der Waals surface area contributed by atoms with Crippen molar-refractivity contribution < 1.29 is 33.8 Å². The van der Waals surface area contributed by atoms with Gasteiger partial charge < -0.3 is 24.6 Å². The third kappa shape index (κ3) is 8.42. The Hall–Kier alpha value is -4.18. The first-order chi connectivity index (χ1) is 20.3. The molecule has 2 aromatic carbocycles. The molecule has 1 unspecified atom stereocenters. The molecule has 0 amide bonds. The van der Waals surface area contributed by atoms with E-state index in [0.29, 0.717) is 48.6 Å². The van der Waals surface area contributed by atoms with E-state index in [2.05, 4.69) is 5.32 Å². The van der Waals surface area contributed by atoms with Crippen LogP contribution in [0.4, 0.5) is 5.69 Å². The molecule has 0 saturated carbocycles. The van der Waals surface area contributed by atoms with E-state index >= 15 is 0 Å². The van der Waals surface area contributed by atoms with Gasteiger partial charge >= 0.3 is 11.9 Å². The normalized spacial score (nSPS) is 14.8. The molecular weight excluding hydrogens is 540 g/mol. The number of aliphatic hydroxyl groups excluding tert-OH is 1. The lowest BCUT2D eigenvalue weighted by molar-refractivity contribution is -0.384. The fourth-order valence-electron chi connectivity index (χ4n) is 4.96. The zero-order valence-corrected chi connectivity index (χ0v) is 24.5. The Morgan fingerprint density at radius 1 is 0.952 bits per heavy atom. The van der Waals surface area contributed by atoms with Crippen LogP contribution in [0.15, 0.2) is 71.1 Å². The molecule has 0 bridgehead atoms.